The van der Waals surface area contributed by atoms with Gasteiger partial charge in [-0.15, -0.1) is 0 Å². The summed E-state index contributed by atoms with van der Waals surface area (Å²) in [7, 11) is 0. The normalized spacial score (nSPS) is 9.42. The molecule has 12 heavy (non-hydrogen) atoms. The summed E-state index contributed by atoms with van der Waals surface area (Å²) in [6.07, 6.45) is 2.86. The van der Waals surface area contributed by atoms with Gasteiger partial charge in [-0.25, -0.2) is 0 Å². The quantitative estimate of drug-likeness (QED) is 0.627. The highest BCUT2D eigenvalue weighted by atomic mass is 14.0. The van der Waals surface area contributed by atoms with Gasteiger partial charge in [0.2, 0.25) is 0 Å². The summed E-state index contributed by atoms with van der Waals surface area (Å²) in [5, 5.41) is 0. The van der Waals surface area contributed by atoms with Gasteiger partial charge in [-0.1, -0.05) is 50.4 Å². The maximum absolute atomic E-state index is 4.00. The maximum atomic E-state index is 4.00. The summed E-state index contributed by atoms with van der Waals surface area (Å²) < 4.78 is 0. The highest BCUT2D eigenvalue weighted by molar-refractivity contribution is 5.72. The van der Waals surface area contributed by atoms with Crippen molar-refractivity contribution in [3.8, 4) is 0 Å². The lowest BCUT2D eigenvalue weighted by atomic mass is 9.99. The first kappa shape index (κ1) is 8.79. The summed E-state index contributed by atoms with van der Waals surface area (Å²) in [4.78, 5) is 0. The zero-order valence-corrected chi connectivity index (χ0v) is 7.51. The number of benzene rings is 1. The summed E-state index contributed by atoms with van der Waals surface area (Å²) in [5.74, 6) is 0. The molecule has 0 amide bonds. The summed E-state index contributed by atoms with van der Waals surface area (Å²) in [6.45, 7) is 9.88. The fourth-order valence-electron chi connectivity index (χ4n) is 1.19. The van der Waals surface area contributed by atoms with E-state index in [2.05, 4.69) is 32.2 Å². The second-order valence-corrected chi connectivity index (χ2v) is 2.75. The van der Waals surface area contributed by atoms with Gasteiger partial charge >= 0.3 is 0 Å². The van der Waals surface area contributed by atoms with E-state index in [0.717, 1.165) is 6.42 Å². The molecular weight excluding hydrogens is 144 g/mol. The van der Waals surface area contributed by atoms with E-state index in [1.807, 2.05) is 18.2 Å². The van der Waals surface area contributed by atoms with Gasteiger partial charge in [0.25, 0.3) is 0 Å². The van der Waals surface area contributed by atoms with Crippen molar-refractivity contribution in [2.75, 3.05) is 0 Å². The van der Waals surface area contributed by atoms with Gasteiger partial charge in [0.1, 0.15) is 0 Å². The summed E-state index contributed by atoms with van der Waals surface area (Å²) >= 11 is 0. The smallest absolute Gasteiger partial charge is 0 e. The van der Waals surface area contributed by atoms with Gasteiger partial charge in [-0.05, 0) is 23.1 Å². The second-order valence-electron chi connectivity index (χ2n) is 2.75. The van der Waals surface area contributed by atoms with Gasteiger partial charge < -0.3 is 0 Å². The molecule has 64 valence electrons. The van der Waals surface area contributed by atoms with Crippen LogP contribution < -0.4 is 0 Å². The van der Waals surface area contributed by atoms with E-state index in [0.29, 0.717) is 0 Å². The van der Waals surface area contributed by atoms with Crippen LogP contribution in [0.15, 0.2) is 37.4 Å². The van der Waals surface area contributed by atoms with Crippen LogP contribution in [0.3, 0.4) is 0 Å². The minimum Gasteiger partial charge on any atom is -0.0984 e. The van der Waals surface area contributed by atoms with Crippen LogP contribution in [0.4, 0.5) is 0 Å². The van der Waals surface area contributed by atoms with Crippen LogP contribution in [0.1, 0.15) is 25.9 Å². The summed E-state index contributed by atoms with van der Waals surface area (Å²) in [6, 6.07) is 8.19. The van der Waals surface area contributed by atoms with Crippen LogP contribution in [0.25, 0.3) is 11.6 Å². The lowest BCUT2D eigenvalue weighted by Gasteiger charge is -2.06. The van der Waals surface area contributed by atoms with Gasteiger partial charge in [0.15, 0.2) is 0 Å². The molecule has 0 heterocycles. The molecule has 0 nitrogen and oxygen atoms in total. The van der Waals surface area contributed by atoms with Crippen LogP contribution in [-0.4, -0.2) is 0 Å². The molecular formula is C12H16. The van der Waals surface area contributed by atoms with Gasteiger partial charge in [0, 0.05) is 1.43 Å². The third-order valence-corrected chi connectivity index (χ3v) is 1.99. The van der Waals surface area contributed by atoms with Crippen molar-refractivity contribution in [1.29, 1.82) is 0 Å². The van der Waals surface area contributed by atoms with Crippen molar-refractivity contribution in [2.24, 2.45) is 0 Å². The monoisotopic (exact) mass is 160 g/mol. The molecule has 1 aromatic carbocycles. The zero-order chi connectivity index (χ0) is 8.97. The largest absolute Gasteiger partial charge is 0.0984 e. The van der Waals surface area contributed by atoms with Crippen molar-refractivity contribution in [1.82, 2.24) is 0 Å². The Balaban J connectivity index is 0.00000144. The molecule has 1 aromatic rings. The van der Waals surface area contributed by atoms with E-state index >= 15 is 0 Å². The minimum absolute atomic E-state index is 0. The van der Waals surface area contributed by atoms with Gasteiger partial charge in [0.05, 0.1) is 0 Å². The molecule has 1 rings (SSSR count). The van der Waals surface area contributed by atoms with Crippen molar-refractivity contribution in [3.05, 3.63) is 48.6 Å². The topological polar surface area (TPSA) is 0 Å². The van der Waals surface area contributed by atoms with Gasteiger partial charge in [-0.2, -0.15) is 0 Å². The molecule has 0 spiro atoms. The minimum atomic E-state index is 0. The molecule has 0 heteroatoms. The standard InChI is InChI=1S/C12H14.H2/c1-4-10(3)12-9-7-6-8-11(12)5-2;/h5-9H,2-4H2,1H3;1H. The number of hydrogen-bond donors (Lipinski definition) is 0. The van der Waals surface area contributed by atoms with E-state index < -0.39 is 0 Å². The molecule has 0 bridgehead atoms. The van der Waals surface area contributed by atoms with E-state index in [9.17, 15) is 0 Å². The van der Waals surface area contributed by atoms with E-state index in [1.54, 1.807) is 0 Å². The van der Waals surface area contributed by atoms with Crippen LogP contribution in [0, 0.1) is 0 Å². The van der Waals surface area contributed by atoms with E-state index in [1.165, 1.54) is 16.7 Å². The lowest BCUT2D eigenvalue weighted by molar-refractivity contribution is 1.24. The van der Waals surface area contributed by atoms with Crippen molar-refractivity contribution < 1.29 is 1.43 Å². The molecule has 0 aliphatic rings. The van der Waals surface area contributed by atoms with Crippen LogP contribution in [0.5, 0.6) is 0 Å². The number of hydrogen-bond acceptors (Lipinski definition) is 0. The molecule has 0 radical (unpaired) electrons. The zero-order valence-electron chi connectivity index (χ0n) is 7.51. The third kappa shape index (κ3) is 1.65. The molecule has 0 unspecified atom stereocenters. The lowest BCUT2D eigenvalue weighted by Crippen LogP contribution is -1.84. The Labute approximate surface area is 75.7 Å². The van der Waals surface area contributed by atoms with Crippen LogP contribution >= 0.6 is 0 Å². The summed E-state index contributed by atoms with van der Waals surface area (Å²) in [5.41, 5.74) is 3.56. The molecule has 0 N–H and O–H groups in total. The predicted octanol–water partition coefficient (Wildman–Crippen LogP) is 4.00. The first-order valence-electron chi connectivity index (χ1n) is 4.19. The van der Waals surface area contributed by atoms with Crippen molar-refractivity contribution in [2.45, 2.75) is 13.3 Å². The highest BCUT2D eigenvalue weighted by Gasteiger charge is 1.99. The Kier molecular flexibility index (Phi) is 2.87. The first-order chi connectivity index (χ1) is 5.79. The van der Waals surface area contributed by atoms with Gasteiger partial charge in [-0.3, -0.25) is 0 Å². The maximum Gasteiger partial charge on any atom is 0 e. The molecule has 0 fully saturated rings. The average molecular weight is 160 g/mol. The van der Waals surface area contributed by atoms with Crippen LogP contribution in [0.2, 0.25) is 0 Å². The Morgan fingerprint density at radius 3 is 2.75 bits per heavy atom. The third-order valence-electron chi connectivity index (χ3n) is 1.99. The first-order valence-corrected chi connectivity index (χ1v) is 4.19. The predicted molar refractivity (Wildman–Crippen MR) is 58.0 cm³/mol. The highest BCUT2D eigenvalue weighted by Crippen LogP contribution is 2.20. The molecule has 0 saturated heterocycles. The molecule has 0 saturated carbocycles. The molecule has 0 aliphatic heterocycles. The van der Waals surface area contributed by atoms with E-state index in [-0.39, 0.29) is 1.43 Å². The SMILES string of the molecule is C=Cc1ccccc1C(=C)CC.[HH]. The van der Waals surface area contributed by atoms with Crippen molar-refractivity contribution in [3.63, 3.8) is 0 Å². The second kappa shape index (κ2) is 3.91. The Bertz CT molecular complexity index is 300. The Morgan fingerprint density at radius 2 is 2.17 bits per heavy atom. The molecule has 0 atom stereocenters. The number of rotatable bonds is 3. The Hall–Kier alpha value is -1.30. The molecule has 0 aromatic heterocycles. The Morgan fingerprint density at radius 1 is 1.50 bits per heavy atom. The van der Waals surface area contributed by atoms with Crippen molar-refractivity contribution >= 4 is 11.6 Å². The fraction of sp³-hybridized carbons (Fsp3) is 0.167. The molecule has 0 aliphatic carbocycles. The number of allylic oxidation sites excluding steroid dienone is 1. The average Bonchev–Trinajstić information content (AvgIpc) is 2.16. The van der Waals surface area contributed by atoms with E-state index in [4.69, 9.17) is 0 Å². The van der Waals surface area contributed by atoms with Crippen LogP contribution in [-0.2, 0) is 0 Å². The fourth-order valence-corrected chi connectivity index (χ4v) is 1.19.